The Balaban J connectivity index is 2.74. The van der Waals surface area contributed by atoms with Gasteiger partial charge in [0.25, 0.3) is 0 Å². The highest BCUT2D eigenvalue weighted by Gasteiger charge is 2.10. The Labute approximate surface area is 86.5 Å². The third-order valence-corrected chi connectivity index (χ3v) is 2.29. The summed E-state index contributed by atoms with van der Waals surface area (Å²) in [5.74, 6) is -0.302. The van der Waals surface area contributed by atoms with Gasteiger partial charge in [-0.1, -0.05) is 0 Å². The molecule has 0 unspecified atom stereocenters. The summed E-state index contributed by atoms with van der Waals surface area (Å²) in [5.41, 5.74) is 1.93. The minimum Gasteiger partial charge on any atom is -0.495 e. The lowest BCUT2D eigenvalue weighted by Crippen LogP contribution is -1.95. The second-order valence-corrected chi connectivity index (χ2v) is 3.42. The Morgan fingerprint density at radius 1 is 1.40 bits per heavy atom. The second kappa shape index (κ2) is 3.31. The lowest BCUT2D eigenvalue weighted by molar-refractivity contribution is 0.0691. The number of nitrogens with one attached hydrogen (secondary N) is 1. The van der Waals surface area contributed by atoms with Crippen molar-refractivity contribution in [2.24, 2.45) is 0 Å². The van der Waals surface area contributed by atoms with E-state index in [1.165, 1.54) is 0 Å². The highest BCUT2D eigenvalue weighted by Crippen LogP contribution is 2.27. The molecule has 4 nitrogen and oxygen atoms in total. The Morgan fingerprint density at radius 2 is 2.13 bits per heavy atom. The first kappa shape index (κ1) is 9.58. The maximum atomic E-state index is 10.8. The maximum absolute atomic E-state index is 10.8. The lowest BCUT2D eigenvalue weighted by atomic mass is 10.1. The van der Waals surface area contributed by atoms with Gasteiger partial charge in [-0.3, -0.25) is 0 Å². The van der Waals surface area contributed by atoms with Crippen LogP contribution in [0, 0.1) is 6.92 Å². The summed E-state index contributed by atoms with van der Waals surface area (Å²) >= 11 is 0. The first-order valence-corrected chi connectivity index (χ1v) is 4.52. The number of carboxylic acids is 1. The lowest BCUT2D eigenvalue weighted by Gasteiger charge is -2.02. The molecule has 0 aliphatic rings. The molecule has 1 heterocycles. The van der Waals surface area contributed by atoms with E-state index in [9.17, 15) is 4.79 Å². The highest BCUT2D eigenvalue weighted by molar-refractivity contribution is 5.96. The Kier molecular flexibility index (Phi) is 2.11. The quantitative estimate of drug-likeness (QED) is 0.789. The van der Waals surface area contributed by atoms with E-state index in [4.69, 9.17) is 9.84 Å². The van der Waals surface area contributed by atoms with Crippen LogP contribution in [0.2, 0.25) is 0 Å². The number of ether oxygens (including phenoxy) is 1. The van der Waals surface area contributed by atoms with Gasteiger partial charge in [-0.25, -0.2) is 4.79 Å². The van der Waals surface area contributed by atoms with Crippen molar-refractivity contribution in [2.45, 2.75) is 6.92 Å². The number of hydrogen-bond donors (Lipinski definition) is 2. The summed E-state index contributed by atoms with van der Waals surface area (Å²) in [7, 11) is 1.56. The number of H-pyrrole nitrogens is 1. The van der Waals surface area contributed by atoms with Gasteiger partial charge in [-0.2, -0.15) is 0 Å². The van der Waals surface area contributed by atoms with Gasteiger partial charge in [0.1, 0.15) is 11.4 Å². The molecule has 0 saturated heterocycles. The molecule has 78 valence electrons. The molecular weight excluding hydrogens is 194 g/mol. The molecule has 0 bridgehead atoms. The van der Waals surface area contributed by atoms with Crippen molar-refractivity contribution in [2.75, 3.05) is 7.11 Å². The number of aromatic carboxylic acids is 1. The number of aromatic nitrogens is 1. The Morgan fingerprint density at radius 3 is 2.73 bits per heavy atom. The van der Waals surface area contributed by atoms with Crippen molar-refractivity contribution in [1.82, 2.24) is 4.98 Å². The summed E-state index contributed by atoms with van der Waals surface area (Å²) in [6.07, 6.45) is 0. The van der Waals surface area contributed by atoms with Crippen LogP contribution in [0.3, 0.4) is 0 Å². The molecule has 4 heteroatoms. The molecule has 0 fully saturated rings. The van der Waals surface area contributed by atoms with E-state index in [1.54, 1.807) is 13.2 Å². The van der Waals surface area contributed by atoms with E-state index < -0.39 is 5.97 Å². The standard InChI is InChI=1S/C11H11NO3/c1-6-3-7-5-8(11(13)14)12-10(7)9(4-6)15-2/h3-5,12H,1-2H3,(H,13,14). The fourth-order valence-electron chi connectivity index (χ4n) is 1.63. The minimum atomic E-state index is -0.967. The van der Waals surface area contributed by atoms with E-state index in [0.29, 0.717) is 5.75 Å². The van der Waals surface area contributed by atoms with Crippen LogP contribution in [0.5, 0.6) is 5.75 Å². The summed E-state index contributed by atoms with van der Waals surface area (Å²) in [5, 5.41) is 9.70. The van der Waals surface area contributed by atoms with Crippen molar-refractivity contribution in [3.63, 3.8) is 0 Å². The van der Waals surface area contributed by atoms with Gasteiger partial charge in [0.05, 0.1) is 12.6 Å². The Hall–Kier alpha value is -1.97. The fourth-order valence-corrected chi connectivity index (χ4v) is 1.63. The summed E-state index contributed by atoms with van der Waals surface area (Å²) in [6, 6.07) is 5.39. The minimum absolute atomic E-state index is 0.175. The number of fused-ring (bicyclic) bond motifs is 1. The van der Waals surface area contributed by atoms with Crippen LogP contribution < -0.4 is 4.74 Å². The first-order chi connectivity index (χ1) is 7.11. The van der Waals surface area contributed by atoms with Gasteiger partial charge in [-0.15, -0.1) is 0 Å². The molecule has 0 atom stereocenters. The molecule has 1 aromatic heterocycles. The number of methoxy groups -OCH3 is 1. The molecule has 0 aliphatic heterocycles. The molecule has 0 radical (unpaired) electrons. The number of aromatic amines is 1. The van der Waals surface area contributed by atoms with E-state index >= 15 is 0 Å². The first-order valence-electron chi connectivity index (χ1n) is 4.52. The van der Waals surface area contributed by atoms with E-state index in [-0.39, 0.29) is 5.69 Å². The van der Waals surface area contributed by atoms with Crippen LogP contribution >= 0.6 is 0 Å². The predicted molar refractivity (Wildman–Crippen MR) is 56.5 cm³/mol. The van der Waals surface area contributed by atoms with Gasteiger partial charge < -0.3 is 14.8 Å². The molecule has 15 heavy (non-hydrogen) atoms. The third kappa shape index (κ3) is 1.54. The molecule has 0 aliphatic carbocycles. The number of carbonyl (C=O) groups is 1. The van der Waals surface area contributed by atoms with Crippen LogP contribution in [-0.4, -0.2) is 23.2 Å². The van der Waals surface area contributed by atoms with Crippen LogP contribution in [0.15, 0.2) is 18.2 Å². The molecule has 0 spiro atoms. The van der Waals surface area contributed by atoms with E-state index in [2.05, 4.69) is 4.98 Å². The number of aryl methyl sites for hydroxylation is 1. The van der Waals surface area contributed by atoms with Gasteiger partial charge in [0, 0.05) is 5.39 Å². The molecule has 2 rings (SSSR count). The molecule has 0 amide bonds. The number of carboxylic acid groups (broad SMARTS) is 1. The topological polar surface area (TPSA) is 62.3 Å². The zero-order valence-electron chi connectivity index (χ0n) is 8.50. The van der Waals surface area contributed by atoms with Crippen molar-refractivity contribution >= 4 is 16.9 Å². The van der Waals surface area contributed by atoms with E-state index in [1.807, 2.05) is 19.1 Å². The summed E-state index contributed by atoms with van der Waals surface area (Å²) in [6.45, 7) is 1.94. The highest BCUT2D eigenvalue weighted by atomic mass is 16.5. The SMILES string of the molecule is COc1cc(C)cc2cc(C(=O)O)[nH]c12. The second-order valence-electron chi connectivity index (χ2n) is 3.42. The molecule has 1 aromatic carbocycles. The van der Waals surface area contributed by atoms with Gasteiger partial charge in [0.2, 0.25) is 0 Å². The average Bonchev–Trinajstić information content (AvgIpc) is 2.59. The van der Waals surface area contributed by atoms with Crippen LogP contribution in [-0.2, 0) is 0 Å². The average molecular weight is 205 g/mol. The number of rotatable bonds is 2. The fraction of sp³-hybridized carbons (Fsp3) is 0.182. The van der Waals surface area contributed by atoms with Gasteiger partial charge in [-0.05, 0) is 30.7 Å². The third-order valence-electron chi connectivity index (χ3n) is 2.29. The van der Waals surface area contributed by atoms with Gasteiger partial charge >= 0.3 is 5.97 Å². The van der Waals surface area contributed by atoms with Crippen molar-refractivity contribution in [3.8, 4) is 5.75 Å². The van der Waals surface area contributed by atoms with Crippen LogP contribution in [0.1, 0.15) is 16.1 Å². The summed E-state index contributed by atoms with van der Waals surface area (Å²) in [4.78, 5) is 13.6. The summed E-state index contributed by atoms with van der Waals surface area (Å²) < 4.78 is 5.18. The monoisotopic (exact) mass is 205 g/mol. The van der Waals surface area contributed by atoms with Crippen molar-refractivity contribution < 1.29 is 14.6 Å². The van der Waals surface area contributed by atoms with Crippen LogP contribution in [0.25, 0.3) is 10.9 Å². The van der Waals surface area contributed by atoms with Crippen molar-refractivity contribution in [1.29, 1.82) is 0 Å². The predicted octanol–water partition coefficient (Wildman–Crippen LogP) is 2.18. The number of benzene rings is 1. The molecule has 2 aromatic rings. The van der Waals surface area contributed by atoms with Gasteiger partial charge in [0.15, 0.2) is 0 Å². The van der Waals surface area contributed by atoms with Crippen molar-refractivity contribution in [3.05, 3.63) is 29.5 Å². The zero-order chi connectivity index (χ0) is 11.0. The maximum Gasteiger partial charge on any atom is 0.352 e. The molecule has 0 saturated carbocycles. The normalized spacial score (nSPS) is 10.5. The van der Waals surface area contributed by atoms with Crippen LogP contribution in [0.4, 0.5) is 0 Å². The molecular formula is C11H11NO3. The zero-order valence-corrected chi connectivity index (χ0v) is 8.50. The Bertz CT molecular complexity index is 528. The smallest absolute Gasteiger partial charge is 0.352 e. The number of hydrogen-bond acceptors (Lipinski definition) is 2. The van der Waals surface area contributed by atoms with E-state index in [0.717, 1.165) is 16.5 Å². The largest absolute Gasteiger partial charge is 0.495 e. The molecule has 2 N–H and O–H groups in total.